The maximum atomic E-state index is 13.1. The van der Waals surface area contributed by atoms with Crippen molar-refractivity contribution in [3.05, 3.63) is 97.7 Å². The van der Waals surface area contributed by atoms with Crippen LogP contribution >= 0.6 is 39.1 Å². The van der Waals surface area contributed by atoms with Gasteiger partial charge >= 0.3 is 0 Å². The molecule has 2 heterocycles. The molecule has 1 aromatic heterocycles. The van der Waals surface area contributed by atoms with Crippen LogP contribution in [0.25, 0.3) is 0 Å². The van der Waals surface area contributed by atoms with Crippen LogP contribution in [-0.2, 0) is 12.3 Å². The van der Waals surface area contributed by atoms with E-state index in [1.165, 1.54) is 11.1 Å². The molecule has 4 rings (SSSR count). The van der Waals surface area contributed by atoms with Gasteiger partial charge < -0.3 is 5.11 Å². The molecule has 2 aromatic carbocycles. The summed E-state index contributed by atoms with van der Waals surface area (Å²) in [6.45, 7) is 0.126. The van der Waals surface area contributed by atoms with Crippen LogP contribution < -0.4 is 0 Å². The van der Waals surface area contributed by atoms with Gasteiger partial charge in [-0.15, -0.1) is 0 Å². The van der Waals surface area contributed by atoms with Crippen molar-refractivity contribution >= 4 is 45.0 Å². The molecule has 0 saturated carbocycles. The molecule has 0 saturated heterocycles. The second-order valence-electron chi connectivity index (χ2n) is 6.23. The van der Waals surface area contributed by atoms with Crippen LogP contribution in [-0.4, -0.2) is 20.9 Å². The minimum Gasteiger partial charge on any atom is -0.363 e. The zero-order valence-corrected chi connectivity index (χ0v) is 17.0. The summed E-state index contributed by atoms with van der Waals surface area (Å²) in [6, 6.07) is 15.5. The Morgan fingerprint density at radius 2 is 1.74 bits per heavy atom. The van der Waals surface area contributed by atoms with E-state index in [4.69, 9.17) is 23.2 Å². The highest BCUT2D eigenvalue weighted by Gasteiger charge is 2.50. The molecule has 0 radical (unpaired) electrons. The highest BCUT2D eigenvalue weighted by atomic mass is 79.9. The first-order valence-corrected chi connectivity index (χ1v) is 9.65. The van der Waals surface area contributed by atoms with Crippen molar-refractivity contribution in [3.63, 3.8) is 0 Å². The zero-order chi connectivity index (χ0) is 19.2. The van der Waals surface area contributed by atoms with Gasteiger partial charge in [0.15, 0.2) is 5.72 Å². The lowest BCUT2D eigenvalue weighted by Gasteiger charge is -2.34. The molecular formula is C20H13BrCl2N2O2. The molecule has 3 aromatic rings. The average Bonchev–Trinajstić information content (AvgIpc) is 2.86. The molecule has 1 aliphatic rings. The Morgan fingerprint density at radius 1 is 1.04 bits per heavy atom. The van der Waals surface area contributed by atoms with Gasteiger partial charge in [-0.3, -0.25) is 14.7 Å². The molecule has 4 nitrogen and oxygen atoms in total. The van der Waals surface area contributed by atoms with Crippen molar-refractivity contribution in [1.82, 2.24) is 9.88 Å². The number of amides is 1. The van der Waals surface area contributed by atoms with E-state index >= 15 is 0 Å². The van der Waals surface area contributed by atoms with E-state index in [-0.39, 0.29) is 12.5 Å². The van der Waals surface area contributed by atoms with Crippen molar-refractivity contribution in [1.29, 1.82) is 0 Å². The molecular weight excluding hydrogens is 451 g/mol. The van der Waals surface area contributed by atoms with Crippen molar-refractivity contribution in [2.45, 2.75) is 12.3 Å². The zero-order valence-electron chi connectivity index (χ0n) is 13.9. The van der Waals surface area contributed by atoms with E-state index in [1.54, 1.807) is 54.6 Å². The molecule has 1 aliphatic heterocycles. The van der Waals surface area contributed by atoms with Crippen LogP contribution in [0.4, 0.5) is 0 Å². The predicted molar refractivity (Wildman–Crippen MR) is 108 cm³/mol. The summed E-state index contributed by atoms with van der Waals surface area (Å²) in [5, 5.41) is 12.8. The number of nitrogens with zero attached hydrogens (tertiary/aromatic N) is 2. The summed E-state index contributed by atoms with van der Waals surface area (Å²) in [5.74, 6) is -0.277. The van der Waals surface area contributed by atoms with Gasteiger partial charge in [-0.05, 0) is 36.4 Å². The minimum atomic E-state index is -1.63. The highest BCUT2D eigenvalue weighted by molar-refractivity contribution is 9.10. The second-order valence-corrected chi connectivity index (χ2v) is 8.02. The van der Waals surface area contributed by atoms with Gasteiger partial charge in [-0.1, -0.05) is 57.3 Å². The third-order valence-corrected chi connectivity index (χ3v) is 5.55. The number of aromatic nitrogens is 1. The van der Waals surface area contributed by atoms with Crippen molar-refractivity contribution < 1.29 is 9.90 Å². The van der Waals surface area contributed by atoms with E-state index in [9.17, 15) is 9.90 Å². The van der Waals surface area contributed by atoms with E-state index in [0.29, 0.717) is 32.4 Å². The van der Waals surface area contributed by atoms with Gasteiger partial charge in [-0.2, -0.15) is 0 Å². The number of hydrogen-bond acceptors (Lipinski definition) is 3. The lowest BCUT2D eigenvalue weighted by molar-refractivity contribution is -0.0547. The largest absolute Gasteiger partial charge is 0.363 e. The third kappa shape index (κ3) is 3.15. The van der Waals surface area contributed by atoms with Gasteiger partial charge in [-0.25, -0.2) is 0 Å². The lowest BCUT2D eigenvalue weighted by atomic mass is 9.94. The summed E-state index contributed by atoms with van der Waals surface area (Å²) in [5.41, 5.74) is 0.504. The normalized spacial score (nSPS) is 18.7. The lowest BCUT2D eigenvalue weighted by Crippen LogP contribution is -2.44. The Labute approximate surface area is 174 Å². The number of carbonyl (C=O) groups is 1. The van der Waals surface area contributed by atoms with Gasteiger partial charge in [0.05, 0.1) is 17.3 Å². The topological polar surface area (TPSA) is 53.4 Å². The number of carbonyl (C=O) groups excluding carboxylic acids is 1. The molecule has 27 heavy (non-hydrogen) atoms. The molecule has 1 unspecified atom stereocenters. The van der Waals surface area contributed by atoms with Gasteiger partial charge in [0, 0.05) is 32.4 Å². The Balaban J connectivity index is 1.86. The SMILES string of the molecule is O=C1c2cc(Br)ccc2C(O)(c2ccc(Cl)cc2)N1Cc1ccc(Cl)cn1. The van der Waals surface area contributed by atoms with E-state index in [0.717, 1.165) is 4.47 Å². The summed E-state index contributed by atoms with van der Waals surface area (Å²) in [4.78, 5) is 18.8. The number of benzene rings is 2. The van der Waals surface area contributed by atoms with Crippen LogP contribution in [0.15, 0.2) is 65.3 Å². The number of aliphatic hydroxyl groups is 1. The summed E-state index contributed by atoms with van der Waals surface area (Å²) < 4.78 is 0.763. The molecule has 0 fully saturated rings. The average molecular weight is 464 g/mol. The Bertz CT molecular complexity index is 1030. The van der Waals surface area contributed by atoms with Crippen molar-refractivity contribution in [2.75, 3.05) is 0 Å². The Hall–Kier alpha value is -1.92. The summed E-state index contributed by atoms with van der Waals surface area (Å²) >= 11 is 15.3. The third-order valence-electron chi connectivity index (χ3n) is 4.58. The number of halogens is 3. The van der Waals surface area contributed by atoms with Crippen molar-refractivity contribution in [2.24, 2.45) is 0 Å². The predicted octanol–water partition coefficient (Wildman–Crippen LogP) is 5.00. The van der Waals surface area contributed by atoms with Crippen LogP contribution in [0.5, 0.6) is 0 Å². The number of fused-ring (bicyclic) bond motifs is 1. The van der Waals surface area contributed by atoms with E-state index < -0.39 is 5.72 Å². The van der Waals surface area contributed by atoms with Crippen LogP contribution in [0.2, 0.25) is 10.0 Å². The van der Waals surface area contributed by atoms with E-state index in [2.05, 4.69) is 20.9 Å². The maximum absolute atomic E-state index is 13.1. The number of pyridine rings is 1. The molecule has 0 aliphatic carbocycles. The molecule has 1 N–H and O–H groups in total. The van der Waals surface area contributed by atoms with Crippen LogP contribution in [0, 0.1) is 0 Å². The smallest absolute Gasteiger partial charge is 0.257 e. The Kier molecular flexibility index (Phi) is 4.72. The van der Waals surface area contributed by atoms with Gasteiger partial charge in [0.25, 0.3) is 5.91 Å². The molecule has 1 atom stereocenters. The number of rotatable bonds is 3. The first-order valence-electron chi connectivity index (χ1n) is 8.10. The fourth-order valence-electron chi connectivity index (χ4n) is 3.28. The fraction of sp³-hybridized carbons (Fsp3) is 0.100. The first-order chi connectivity index (χ1) is 12.9. The molecule has 1 amide bonds. The van der Waals surface area contributed by atoms with Crippen molar-refractivity contribution in [3.8, 4) is 0 Å². The maximum Gasteiger partial charge on any atom is 0.257 e. The van der Waals surface area contributed by atoms with Gasteiger partial charge in [0.2, 0.25) is 0 Å². The van der Waals surface area contributed by atoms with Crippen LogP contribution in [0.3, 0.4) is 0 Å². The molecule has 0 bridgehead atoms. The standard InChI is InChI=1S/C20H13BrCl2N2O2/c21-13-3-8-18-17(9-13)19(26)25(11-16-7-6-15(23)10-24-16)20(18,27)12-1-4-14(22)5-2-12/h1-10,27H,11H2. The first kappa shape index (κ1) is 18.4. The molecule has 0 spiro atoms. The van der Waals surface area contributed by atoms with E-state index in [1.807, 2.05) is 0 Å². The molecule has 7 heteroatoms. The molecule has 136 valence electrons. The summed E-state index contributed by atoms with van der Waals surface area (Å²) in [7, 11) is 0. The van der Waals surface area contributed by atoms with Gasteiger partial charge in [0.1, 0.15) is 0 Å². The quantitative estimate of drug-likeness (QED) is 0.594. The highest BCUT2D eigenvalue weighted by Crippen LogP contribution is 2.44. The second kappa shape index (κ2) is 6.91. The Morgan fingerprint density at radius 3 is 2.41 bits per heavy atom. The minimum absolute atomic E-state index is 0.126. The van der Waals surface area contributed by atoms with Crippen LogP contribution in [0.1, 0.15) is 27.2 Å². The summed E-state index contributed by atoms with van der Waals surface area (Å²) in [6.07, 6.45) is 1.52. The number of hydrogen-bond donors (Lipinski definition) is 1. The monoisotopic (exact) mass is 462 g/mol. The fourth-order valence-corrected chi connectivity index (χ4v) is 3.88.